The number of hydrogen-bond donors (Lipinski definition) is 2. The highest BCUT2D eigenvalue weighted by Gasteiger charge is 2.09. The second-order valence-corrected chi connectivity index (χ2v) is 3.88. The first-order valence-electron chi connectivity index (χ1n) is 4.97. The van der Waals surface area contributed by atoms with Crippen molar-refractivity contribution in [2.24, 2.45) is 0 Å². The van der Waals surface area contributed by atoms with E-state index in [1.165, 1.54) is 0 Å². The molecule has 0 atom stereocenters. The van der Waals surface area contributed by atoms with Gasteiger partial charge in [-0.2, -0.15) is 5.10 Å². The van der Waals surface area contributed by atoms with Gasteiger partial charge in [0, 0.05) is 16.9 Å². The van der Waals surface area contributed by atoms with Crippen LogP contribution in [0.2, 0.25) is 0 Å². The summed E-state index contributed by atoms with van der Waals surface area (Å²) >= 11 is 0. The molecule has 3 heteroatoms. The normalized spacial score (nSPS) is 10.6. The Morgan fingerprint density at radius 2 is 1.93 bits per heavy atom. The van der Waals surface area contributed by atoms with Crippen LogP contribution in [-0.4, -0.2) is 10.2 Å². The van der Waals surface area contributed by atoms with Crippen molar-refractivity contribution in [3.63, 3.8) is 0 Å². The zero-order valence-electron chi connectivity index (χ0n) is 9.26. The molecule has 0 radical (unpaired) electrons. The molecule has 1 heterocycles. The standard InChI is InChI=1S/C12H15N3/c1-7-4-5-10(6-11(7)13)12-8(2)14-15-9(12)3/h4-6H,13H2,1-3H3,(H,14,15). The summed E-state index contributed by atoms with van der Waals surface area (Å²) in [4.78, 5) is 0. The highest BCUT2D eigenvalue weighted by molar-refractivity contribution is 5.72. The van der Waals surface area contributed by atoms with Crippen LogP contribution in [0.5, 0.6) is 0 Å². The molecule has 0 spiro atoms. The minimum Gasteiger partial charge on any atom is -0.398 e. The number of aromatic amines is 1. The quantitative estimate of drug-likeness (QED) is 0.697. The molecule has 0 fully saturated rings. The largest absolute Gasteiger partial charge is 0.398 e. The first-order valence-corrected chi connectivity index (χ1v) is 4.97. The lowest BCUT2D eigenvalue weighted by Crippen LogP contribution is -1.90. The number of hydrogen-bond acceptors (Lipinski definition) is 2. The predicted octanol–water partition coefficient (Wildman–Crippen LogP) is 2.58. The fraction of sp³-hybridized carbons (Fsp3) is 0.250. The highest BCUT2D eigenvalue weighted by atomic mass is 15.1. The van der Waals surface area contributed by atoms with Gasteiger partial charge in [0.1, 0.15) is 0 Å². The molecular weight excluding hydrogens is 186 g/mol. The van der Waals surface area contributed by atoms with Crippen molar-refractivity contribution in [1.82, 2.24) is 10.2 Å². The van der Waals surface area contributed by atoms with Crippen LogP contribution in [0.4, 0.5) is 5.69 Å². The van der Waals surface area contributed by atoms with Crippen LogP contribution in [0.3, 0.4) is 0 Å². The fourth-order valence-corrected chi connectivity index (χ4v) is 1.77. The topological polar surface area (TPSA) is 54.7 Å². The van der Waals surface area contributed by atoms with Gasteiger partial charge < -0.3 is 5.73 Å². The Hall–Kier alpha value is -1.77. The van der Waals surface area contributed by atoms with E-state index < -0.39 is 0 Å². The SMILES string of the molecule is Cc1ccc(-c2c(C)n[nH]c2C)cc1N. The maximum absolute atomic E-state index is 5.90. The maximum Gasteiger partial charge on any atom is 0.0672 e. The van der Waals surface area contributed by atoms with Crippen LogP contribution in [-0.2, 0) is 0 Å². The second-order valence-electron chi connectivity index (χ2n) is 3.88. The number of aromatic nitrogens is 2. The zero-order valence-corrected chi connectivity index (χ0v) is 9.26. The summed E-state index contributed by atoms with van der Waals surface area (Å²) in [6, 6.07) is 6.12. The lowest BCUT2D eigenvalue weighted by molar-refractivity contribution is 1.02. The number of nitrogens with two attached hydrogens (primary N) is 1. The number of nitrogens with zero attached hydrogens (tertiary/aromatic N) is 1. The number of aryl methyl sites for hydroxylation is 3. The predicted molar refractivity (Wildman–Crippen MR) is 62.6 cm³/mol. The minimum atomic E-state index is 0.826. The van der Waals surface area contributed by atoms with Crippen LogP contribution in [0, 0.1) is 20.8 Å². The zero-order chi connectivity index (χ0) is 11.0. The van der Waals surface area contributed by atoms with Gasteiger partial charge in [0.25, 0.3) is 0 Å². The molecule has 0 aliphatic heterocycles. The average Bonchev–Trinajstić information content (AvgIpc) is 2.52. The van der Waals surface area contributed by atoms with Crippen molar-refractivity contribution >= 4 is 5.69 Å². The van der Waals surface area contributed by atoms with Crippen LogP contribution >= 0.6 is 0 Å². The summed E-state index contributed by atoms with van der Waals surface area (Å²) in [6.45, 7) is 6.02. The van der Waals surface area contributed by atoms with Crippen LogP contribution in [0.25, 0.3) is 11.1 Å². The van der Waals surface area contributed by atoms with Gasteiger partial charge in [0.05, 0.1) is 5.69 Å². The maximum atomic E-state index is 5.90. The molecule has 0 saturated heterocycles. The number of nitrogen functional groups attached to an aromatic ring is 1. The first kappa shape index (κ1) is 9.77. The first-order chi connectivity index (χ1) is 7.09. The third-order valence-corrected chi connectivity index (χ3v) is 2.70. The third kappa shape index (κ3) is 1.61. The summed E-state index contributed by atoms with van der Waals surface area (Å²) in [7, 11) is 0. The Balaban J connectivity index is 2.59. The van der Waals surface area contributed by atoms with Crippen molar-refractivity contribution in [2.45, 2.75) is 20.8 Å². The molecule has 1 aromatic carbocycles. The molecule has 0 unspecified atom stereocenters. The third-order valence-electron chi connectivity index (χ3n) is 2.70. The van der Waals surface area contributed by atoms with Gasteiger partial charge in [-0.05, 0) is 38.0 Å². The van der Waals surface area contributed by atoms with Crippen LogP contribution in [0.1, 0.15) is 17.0 Å². The van der Waals surface area contributed by atoms with Gasteiger partial charge in [-0.15, -0.1) is 0 Å². The molecular formula is C12H15N3. The molecule has 2 rings (SSSR count). The van der Waals surface area contributed by atoms with Crippen molar-refractivity contribution in [3.8, 4) is 11.1 Å². The smallest absolute Gasteiger partial charge is 0.0672 e. The lowest BCUT2D eigenvalue weighted by Gasteiger charge is -2.05. The highest BCUT2D eigenvalue weighted by Crippen LogP contribution is 2.27. The Morgan fingerprint density at radius 3 is 2.47 bits per heavy atom. The van der Waals surface area contributed by atoms with Crippen LogP contribution in [0.15, 0.2) is 18.2 Å². The molecule has 78 valence electrons. The Labute approximate surface area is 89.3 Å². The van der Waals surface area contributed by atoms with Gasteiger partial charge in [-0.3, -0.25) is 5.10 Å². The molecule has 1 aromatic heterocycles. The summed E-state index contributed by atoms with van der Waals surface area (Å²) in [5.41, 5.74) is 12.2. The van der Waals surface area contributed by atoms with E-state index in [9.17, 15) is 0 Å². The molecule has 3 N–H and O–H groups in total. The Morgan fingerprint density at radius 1 is 1.20 bits per heavy atom. The summed E-state index contributed by atoms with van der Waals surface area (Å²) in [6.07, 6.45) is 0. The number of benzene rings is 1. The van der Waals surface area contributed by atoms with Crippen molar-refractivity contribution in [3.05, 3.63) is 35.2 Å². The number of H-pyrrole nitrogens is 1. The molecule has 0 aliphatic carbocycles. The molecule has 0 bridgehead atoms. The second kappa shape index (κ2) is 3.42. The minimum absolute atomic E-state index is 0.826. The van der Waals surface area contributed by atoms with Crippen molar-refractivity contribution < 1.29 is 0 Å². The van der Waals surface area contributed by atoms with E-state index >= 15 is 0 Å². The number of anilines is 1. The van der Waals surface area contributed by atoms with E-state index in [0.717, 1.165) is 33.8 Å². The van der Waals surface area contributed by atoms with Gasteiger partial charge in [-0.1, -0.05) is 12.1 Å². The summed E-state index contributed by atoms with van der Waals surface area (Å²) < 4.78 is 0. The molecule has 2 aromatic rings. The van der Waals surface area contributed by atoms with E-state index in [2.05, 4.69) is 16.3 Å². The lowest BCUT2D eigenvalue weighted by atomic mass is 10.0. The van der Waals surface area contributed by atoms with Gasteiger partial charge in [-0.25, -0.2) is 0 Å². The molecule has 0 aliphatic rings. The van der Waals surface area contributed by atoms with Gasteiger partial charge in [0.2, 0.25) is 0 Å². The van der Waals surface area contributed by atoms with E-state index in [1.54, 1.807) is 0 Å². The van der Waals surface area contributed by atoms with Crippen molar-refractivity contribution in [1.29, 1.82) is 0 Å². The van der Waals surface area contributed by atoms with Crippen LogP contribution < -0.4 is 5.73 Å². The van der Waals surface area contributed by atoms with Gasteiger partial charge >= 0.3 is 0 Å². The van der Waals surface area contributed by atoms with E-state index in [-0.39, 0.29) is 0 Å². The summed E-state index contributed by atoms with van der Waals surface area (Å²) in [5, 5.41) is 7.16. The van der Waals surface area contributed by atoms with E-state index in [0.29, 0.717) is 0 Å². The monoisotopic (exact) mass is 201 g/mol. The Kier molecular flexibility index (Phi) is 2.23. The molecule has 3 nitrogen and oxygen atoms in total. The van der Waals surface area contributed by atoms with Gasteiger partial charge in [0.15, 0.2) is 0 Å². The Bertz CT molecular complexity index is 478. The van der Waals surface area contributed by atoms with Crippen molar-refractivity contribution in [2.75, 3.05) is 5.73 Å². The number of rotatable bonds is 1. The molecule has 0 amide bonds. The molecule has 15 heavy (non-hydrogen) atoms. The van der Waals surface area contributed by atoms with E-state index in [1.807, 2.05) is 32.9 Å². The average molecular weight is 201 g/mol. The fourth-order valence-electron chi connectivity index (χ4n) is 1.77. The summed E-state index contributed by atoms with van der Waals surface area (Å²) in [5.74, 6) is 0. The van der Waals surface area contributed by atoms with E-state index in [4.69, 9.17) is 5.73 Å². The number of nitrogens with one attached hydrogen (secondary N) is 1. The molecule has 0 saturated carbocycles.